The molecule has 1 aromatic heterocycles. The first-order valence-electron chi connectivity index (χ1n) is 4.80. The lowest BCUT2D eigenvalue weighted by Gasteiger charge is -2.00. The van der Waals surface area contributed by atoms with Crippen LogP contribution in [0.1, 0.15) is 18.9 Å². The third-order valence-electron chi connectivity index (χ3n) is 1.78. The average Bonchev–Trinajstić information content (AvgIpc) is 2.69. The van der Waals surface area contributed by atoms with Crippen LogP contribution in [0.15, 0.2) is 11.2 Å². The van der Waals surface area contributed by atoms with Crippen LogP contribution in [0.25, 0.3) is 0 Å². The zero-order valence-corrected chi connectivity index (χ0v) is 8.92. The van der Waals surface area contributed by atoms with E-state index in [4.69, 9.17) is 15.3 Å². The fourth-order valence-electron chi connectivity index (χ4n) is 1.08. The van der Waals surface area contributed by atoms with Gasteiger partial charge in [0, 0.05) is 0 Å². The molecule has 0 amide bonds. The van der Waals surface area contributed by atoms with Gasteiger partial charge in [-0.15, -0.1) is 0 Å². The molecule has 16 heavy (non-hydrogen) atoms. The topological polar surface area (TPSA) is 87.0 Å². The second-order valence-electron chi connectivity index (χ2n) is 2.81. The lowest BCUT2D eigenvalue weighted by atomic mass is 10.3. The first-order valence-corrected chi connectivity index (χ1v) is 4.80. The van der Waals surface area contributed by atoms with E-state index in [-0.39, 0.29) is 0 Å². The number of aliphatic imine (C=N–C) groups is 1. The second-order valence-corrected chi connectivity index (χ2v) is 2.81. The number of nitrogens with zero attached hydrogens (tertiary/aromatic N) is 5. The SMILES string of the molecule is CCO/C=N/c1c(C#N)cnn1CCC#N. The fraction of sp³-hybridized carbons (Fsp3) is 0.400. The molecule has 0 bridgehead atoms. The van der Waals surface area contributed by atoms with Crippen molar-refractivity contribution in [2.24, 2.45) is 4.99 Å². The van der Waals surface area contributed by atoms with E-state index in [2.05, 4.69) is 10.1 Å². The highest BCUT2D eigenvalue weighted by atomic mass is 16.5. The van der Waals surface area contributed by atoms with Crippen molar-refractivity contribution in [2.45, 2.75) is 19.9 Å². The van der Waals surface area contributed by atoms with Crippen LogP contribution in [0.4, 0.5) is 5.82 Å². The summed E-state index contributed by atoms with van der Waals surface area (Å²) in [5.41, 5.74) is 0.369. The minimum atomic E-state index is 0.323. The van der Waals surface area contributed by atoms with Crippen molar-refractivity contribution in [3.8, 4) is 12.1 Å². The van der Waals surface area contributed by atoms with E-state index in [1.54, 1.807) is 0 Å². The van der Waals surface area contributed by atoms with E-state index in [0.29, 0.717) is 31.0 Å². The Labute approximate surface area is 93.4 Å². The van der Waals surface area contributed by atoms with Gasteiger partial charge in [-0.3, -0.25) is 0 Å². The van der Waals surface area contributed by atoms with Gasteiger partial charge in [-0.1, -0.05) is 0 Å². The molecule has 1 aromatic rings. The molecular formula is C10H11N5O. The molecule has 0 saturated carbocycles. The summed E-state index contributed by atoms with van der Waals surface area (Å²) in [7, 11) is 0. The van der Waals surface area contributed by atoms with Gasteiger partial charge in [-0.25, -0.2) is 4.68 Å². The Kier molecular flexibility index (Phi) is 4.55. The van der Waals surface area contributed by atoms with Crippen molar-refractivity contribution in [1.82, 2.24) is 9.78 Å². The lowest BCUT2D eigenvalue weighted by molar-refractivity contribution is 0.343. The number of aryl methyl sites for hydroxylation is 1. The van der Waals surface area contributed by atoms with Gasteiger partial charge in [-0.2, -0.15) is 20.6 Å². The molecule has 0 aromatic carbocycles. The molecule has 0 aliphatic carbocycles. The van der Waals surface area contributed by atoms with Crippen LogP contribution in [-0.2, 0) is 11.3 Å². The summed E-state index contributed by atoms with van der Waals surface area (Å²) in [6, 6.07) is 3.99. The molecule has 0 atom stereocenters. The monoisotopic (exact) mass is 217 g/mol. The molecule has 1 heterocycles. The number of hydrogen-bond donors (Lipinski definition) is 0. The van der Waals surface area contributed by atoms with E-state index < -0.39 is 0 Å². The van der Waals surface area contributed by atoms with E-state index in [1.165, 1.54) is 17.3 Å². The van der Waals surface area contributed by atoms with Gasteiger partial charge in [0.2, 0.25) is 0 Å². The average molecular weight is 217 g/mol. The largest absolute Gasteiger partial charge is 0.483 e. The molecule has 6 heteroatoms. The first kappa shape index (κ1) is 11.7. The van der Waals surface area contributed by atoms with Crippen LogP contribution >= 0.6 is 0 Å². The van der Waals surface area contributed by atoms with Crippen molar-refractivity contribution in [3.63, 3.8) is 0 Å². The first-order chi connectivity index (χ1) is 7.83. The summed E-state index contributed by atoms with van der Waals surface area (Å²) in [6.07, 6.45) is 3.03. The Hall–Kier alpha value is -2.34. The number of nitriles is 2. The third-order valence-corrected chi connectivity index (χ3v) is 1.78. The number of rotatable bonds is 5. The zero-order valence-electron chi connectivity index (χ0n) is 8.92. The summed E-state index contributed by atoms with van der Waals surface area (Å²) >= 11 is 0. The molecule has 0 N–H and O–H groups in total. The van der Waals surface area contributed by atoms with Gasteiger partial charge in [0.25, 0.3) is 0 Å². The normalized spacial score (nSPS) is 9.94. The summed E-state index contributed by atoms with van der Waals surface area (Å²) in [5.74, 6) is 0.422. The molecule has 1 rings (SSSR count). The van der Waals surface area contributed by atoms with Gasteiger partial charge in [-0.05, 0) is 6.92 Å². The predicted octanol–water partition coefficient (Wildman–Crippen LogP) is 1.36. The molecule has 0 aliphatic rings. The van der Waals surface area contributed by atoms with Crippen LogP contribution in [0.5, 0.6) is 0 Å². The summed E-state index contributed by atoms with van der Waals surface area (Å²) < 4.78 is 6.47. The zero-order chi connectivity index (χ0) is 11.8. The minimum Gasteiger partial charge on any atom is -0.483 e. The van der Waals surface area contributed by atoms with E-state index in [0.717, 1.165) is 0 Å². The van der Waals surface area contributed by atoms with Crippen LogP contribution in [0.2, 0.25) is 0 Å². The number of hydrogen-bond acceptors (Lipinski definition) is 5. The molecule has 6 nitrogen and oxygen atoms in total. The Morgan fingerprint density at radius 2 is 2.44 bits per heavy atom. The molecular weight excluding hydrogens is 206 g/mol. The van der Waals surface area contributed by atoms with Gasteiger partial charge in [0.1, 0.15) is 11.6 Å². The summed E-state index contributed by atoms with van der Waals surface area (Å²) in [5, 5.41) is 21.3. The Bertz CT molecular complexity index is 449. The Morgan fingerprint density at radius 3 is 3.06 bits per heavy atom. The molecule has 0 unspecified atom stereocenters. The highest BCUT2D eigenvalue weighted by Crippen LogP contribution is 2.17. The Balaban J connectivity index is 2.89. The van der Waals surface area contributed by atoms with Gasteiger partial charge in [0.05, 0.1) is 31.8 Å². The number of aromatic nitrogens is 2. The molecule has 0 radical (unpaired) electrons. The molecule has 0 aliphatic heterocycles. The summed E-state index contributed by atoms with van der Waals surface area (Å²) in [4.78, 5) is 4.00. The highest BCUT2D eigenvalue weighted by Gasteiger charge is 2.08. The standard InChI is InChI=1S/C10H11N5O/c1-2-16-8-13-10-9(6-12)7-14-15(10)5-3-4-11/h7-8H,2-3,5H2,1H3/b13-8+. The van der Waals surface area contributed by atoms with Crippen molar-refractivity contribution in [1.29, 1.82) is 10.5 Å². The lowest BCUT2D eigenvalue weighted by Crippen LogP contribution is -1.99. The molecule has 82 valence electrons. The smallest absolute Gasteiger partial charge is 0.176 e. The van der Waals surface area contributed by atoms with Crippen molar-refractivity contribution in [3.05, 3.63) is 11.8 Å². The summed E-state index contributed by atoms with van der Waals surface area (Å²) in [6.45, 7) is 2.76. The molecule has 0 spiro atoms. The van der Waals surface area contributed by atoms with E-state index in [1.807, 2.05) is 19.1 Å². The van der Waals surface area contributed by atoms with Crippen molar-refractivity contribution < 1.29 is 4.74 Å². The van der Waals surface area contributed by atoms with Crippen molar-refractivity contribution in [2.75, 3.05) is 6.61 Å². The van der Waals surface area contributed by atoms with Crippen LogP contribution in [-0.4, -0.2) is 22.8 Å². The second kappa shape index (κ2) is 6.20. The van der Waals surface area contributed by atoms with Crippen LogP contribution in [0, 0.1) is 22.7 Å². The maximum atomic E-state index is 8.83. The maximum absolute atomic E-state index is 8.83. The minimum absolute atomic E-state index is 0.323. The van der Waals surface area contributed by atoms with Gasteiger partial charge in [0.15, 0.2) is 12.2 Å². The van der Waals surface area contributed by atoms with Gasteiger partial charge >= 0.3 is 0 Å². The van der Waals surface area contributed by atoms with Crippen molar-refractivity contribution >= 4 is 12.2 Å². The third kappa shape index (κ3) is 2.82. The van der Waals surface area contributed by atoms with Crippen LogP contribution in [0.3, 0.4) is 0 Å². The van der Waals surface area contributed by atoms with E-state index >= 15 is 0 Å². The quantitative estimate of drug-likeness (QED) is 0.550. The maximum Gasteiger partial charge on any atom is 0.176 e. The number of ether oxygens (including phenoxy) is 1. The molecule has 0 saturated heterocycles. The highest BCUT2D eigenvalue weighted by molar-refractivity contribution is 5.58. The van der Waals surface area contributed by atoms with E-state index in [9.17, 15) is 0 Å². The fourth-order valence-corrected chi connectivity index (χ4v) is 1.08. The van der Waals surface area contributed by atoms with Crippen LogP contribution < -0.4 is 0 Å². The van der Waals surface area contributed by atoms with Gasteiger partial charge < -0.3 is 4.74 Å². The molecule has 0 fully saturated rings. The predicted molar refractivity (Wildman–Crippen MR) is 57.0 cm³/mol. The Morgan fingerprint density at radius 1 is 1.62 bits per heavy atom.